The number of hydrogen-bond acceptors (Lipinski definition) is 5. The van der Waals surface area contributed by atoms with E-state index in [9.17, 15) is 18.5 Å². The van der Waals surface area contributed by atoms with Gasteiger partial charge in [-0.1, -0.05) is 19.1 Å². The number of nitrogens with one attached hydrogen (secondary N) is 1. The molecule has 1 aromatic carbocycles. The van der Waals surface area contributed by atoms with Crippen LogP contribution < -0.4 is 5.32 Å². The molecule has 7 heteroatoms. The molecule has 0 aliphatic rings. The summed E-state index contributed by atoms with van der Waals surface area (Å²) in [6, 6.07) is 6.19. The van der Waals surface area contributed by atoms with Crippen LogP contribution in [0.4, 0.5) is 5.69 Å². The van der Waals surface area contributed by atoms with Gasteiger partial charge in [-0.05, 0) is 12.0 Å². The molecular formula is C12H18N2O4S. The molecule has 1 aromatic rings. The highest BCUT2D eigenvalue weighted by molar-refractivity contribution is 7.91. The number of nitro groups is 1. The first-order valence-corrected chi connectivity index (χ1v) is 7.91. The molecule has 0 aliphatic carbocycles. The summed E-state index contributed by atoms with van der Waals surface area (Å²) in [5.74, 6) is 0.333. The molecule has 0 bridgehead atoms. The van der Waals surface area contributed by atoms with Crippen molar-refractivity contribution in [2.75, 3.05) is 18.1 Å². The van der Waals surface area contributed by atoms with Gasteiger partial charge in [-0.25, -0.2) is 8.42 Å². The van der Waals surface area contributed by atoms with Gasteiger partial charge >= 0.3 is 0 Å². The summed E-state index contributed by atoms with van der Waals surface area (Å²) in [6.07, 6.45) is 0.630. The van der Waals surface area contributed by atoms with Crippen molar-refractivity contribution in [2.24, 2.45) is 0 Å². The van der Waals surface area contributed by atoms with Crippen LogP contribution >= 0.6 is 0 Å². The molecule has 0 atom stereocenters. The molecule has 0 heterocycles. The number of benzene rings is 1. The number of nitro benzene ring substituents is 1. The van der Waals surface area contributed by atoms with Crippen molar-refractivity contribution < 1.29 is 13.3 Å². The summed E-state index contributed by atoms with van der Waals surface area (Å²) in [6.45, 7) is 2.72. The van der Waals surface area contributed by atoms with Crippen LogP contribution in [0.25, 0.3) is 0 Å². The Labute approximate surface area is 112 Å². The van der Waals surface area contributed by atoms with E-state index < -0.39 is 14.8 Å². The summed E-state index contributed by atoms with van der Waals surface area (Å²) in [7, 11) is -2.96. The molecule has 19 heavy (non-hydrogen) atoms. The SMILES string of the molecule is CCCS(=O)(=O)CCNCc1ccc([N+](=O)[O-])cc1. The van der Waals surface area contributed by atoms with Gasteiger partial charge in [0.25, 0.3) is 5.69 Å². The van der Waals surface area contributed by atoms with E-state index in [0.29, 0.717) is 19.5 Å². The number of sulfone groups is 1. The van der Waals surface area contributed by atoms with E-state index in [0.717, 1.165) is 5.56 Å². The Morgan fingerprint density at radius 3 is 2.37 bits per heavy atom. The average molecular weight is 286 g/mol. The van der Waals surface area contributed by atoms with Crippen molar-refractivity contribution in [3.05, 3.63) is 39.9 Å². The minimum Gasteiger partial charge on any atom is -0.312 e. The lowest BCUT2D eigenvalue weighted by Crippen LogP contribution is -2.24. The molecule has 1 N–H and O–H groups in total. The van der Waals surface area contributed by atoms with Crippen molar-refractivity contribution in [2.45, 2.75) is 19.9 Å². The van der Waals surface area contributed by atoms with Crippen molar-refractivity contribution in [3.8, 4) is 0 Å². The molecule has 0 radical (unpaired) electrons. The van der Waals surface area contributed by atoms with Gasteiger partial charge in [-0.3, -0.25) is 10.1 Å². The van der Waals surface area contributed by atoms with Gasteiger partial charge in [0.05, 0.1) is 10.7 Å². The highest BCUT2D eigenvalue weighted by Gasteiger charge is 2.08. The lowest BCUT2D eigenvalue weighted by atomic mass is 10.2. The maximum atomic E-state index is 11.4. The van der Waals surface area contributed by atoms with Gasteiger partial charge in [0, 0.05) is 31.0 Å². The second kappa shape index (κ2) is 7.20. The van der Waals surface area contributed by atoms with Gasteiger partial charge in [0.15, 0.2) is 9.84 Å². The van der Waals surface area contributed by atoms with Crippen molar-refractivity contribution in [1.82, 2.24) is 5.32 Å². The molecule has 106 valence electrons. The minimum absolute atomic E-state index is 0.0503. The Hall–Kier alpha value is -1.47. The fourth-order valence-corrected chi connectivity index (χ4v) is 2.89. The zero-order chi connectivity index (χ0) is 14.3. The summed E-state index contributed by atoms with van der Waals surface area (Å²) in [5.41, 5.74) is 0.938. The fourth-order valence-electron chi connectivity index (χ4n) is 1.61. The normalized spacial score (nSPS) is 11.4. The molecule has 6 nitrogen and oxygen atoms in total. The van der Waals surface area contributed by atoms with Crippen LogP contribution in [0, 0.1) is 10.1 Å². The second-order valence-corrected chi connectivity index (χ2v) is 6.56. The van der Waals surface area contributed by atoms with Crippen LogP contribution in [0.3, 0.4) is 0 Å². The molecule has 0 spiro atoms. The van der Waals surface area contributed by atoms with E-state index in [-0.39, 0.29) is 17.2 Å². The van der Waals surface area contributed by atoms with Crippen LogP contribution in [-0.2, 0) is 16.4 Å². The largest absolute Gasteiger partial charge is 0.312 e. The van der Waals surface area contributed by atoms with Crippen molar-refractivity contribution in [1.29, 1.82) is 0 Å². The van der Waals surface area contributed by atoms with E-state index in [2.05, 4.69) is 5.32 Å². The predicted molar refractivity (Wildman–Crippen MR) is 73.7 cm³/mol. The molecule has 0 unspecified atom stereocenters. The third kappa shape index (κ3) is 5.80. The number of hydrogen-bond donors (Lipinski definition) is 1. The first-order valence-electron chi connectivity index (χ1n) is 6.09. The summed E-state index contributed by atoms with van der Waals surface area (Å²) >= 11 is 0. The Kier molecular flexibility index (Phi) is 5.91. The molecular weight excluding hydrogens is 268 g/mol. The zero-order valence-corrected chi connectivity index (χ0v) is 11.6. The van der Waals surface area contributed by atoms with E-state index in [1.807, 2.05) is 6.92 Å². The lowest BCUT2D eigenvalue weighted by molar-refractivity contribution is -0.384. The van der Waals surface area contributed by atoms with Crippen LogP contribution in [0.2, 0.25) is 0 Å². The van der Waals surface area contributed by atoms with Crippen molar-refractivity contribution in [3.63, 3.8) is 0 Å². The zero-order valence-electron chi connectivity index (χ0n) is 10.8. The first-order chi connectivity index (χ1) is 8.94. The lowest BCUT2D eigenvalue weighted by Gasteiger charge is -2.05. The smallest absolute Gasteiger partial charge is 0.269 e. The second-order valence-electron chi connectivity index (χ2n) is 4.25. The van der Waals surface area contributed by atoms with E-state index in [1.165, 1.54) is 12.1 Å². The topological polar surface area (TPSA) is 89.3 Å². The van der Waals surface area contributed by atoms with Crippen molar-refractivity contribution >= 4 is 15.5 Å². The highest BCUT2D eigenvalue weighted by atomic mass is 32.2. The highest BCUT2D eigenvalue weighted by Crippen LogP contribution is 2.11. The molecule has 0 aromatic heterocycles. The maximum Gasteiger partial charge on any atom is 0.269 e. The van der Waals surface area contributed by atoms with Crippen LogP contribution in [0.5, 0.6) is 0 Å². The van der Waals surface area contributed by atoms with E-state index >= 15 is 0 Å². The third-order valence-electron chi connectivity index (χ3n) is 2.58. The monoisotopic (exact) mass is 286 g/mol. The van der Waals surface area contributed by atoms with E-state index in [4.69, 9.17) is 0 Å². The number of non-ortho nitro benzene ring substituents is 1. The molecule has 0 saturated carbocycles. The van der Waals surface area contributed by atoms with Crippen LogP contribution in [0.1, 0.15) is 18.9 Å². The number of nitrogens with zero attached hydrogens (tertiary/aromatic N) is 1. The molecule has 0 amide bonds. The summed E-state index contributed by atoms with van der Waals surface area (Å²) in [5, 5.41) is 13.5. The van der Waals surface area contributed by atoms with E-state index in [1.54, 1.807) is 12.1 Å². The van der Waals surface area contributed by atoms with Crippen LogP contribution in [-0.4, -0.2) is 31.4 Å². The Morgan fingerprint density at radius 1 is 1.21 bits per heavy atom. The molecule has 0 aliphatic heterocycles. The Balaban J connectivity index is 2.35. The van der Waals surface area contributed by atoms with Gasteiger partial charge in [0.1, 0.15) is 0 Å². The average Bonchev–Trinajstić information content (AvgIpc) is 2.35. The number of rotatable bonds is 8. The minimum atomic E-state index is -2.96. The maximum absolute atomic E-state index is 11.4. The predicted octanol–water partition coefficient (Wildman–Crippen LogP) is 1.51. The van der Waals surface area contributed by atoms with Gasteiger partial charge < -0.3 is 5.32 Å². The van der Waals surface area contributed by atoms with Gasteiger partial charge in [0.2, 0.25) is 0 Å². The van der Waals surface area contributed by atoms with Gasteiger partial charge in [-0.15, -0.1) is 0 Å². The Bertz CT molecular complexity index is 511. The molecule has 0 saturated heterocycles. The van der Waals surface area contributed by atoms with Crippen LogP contribution in [0.15, 0.2) is 24.3 Å². The molecule has 0 fully saturated rings. The molecule has 1 rings (SSSR count). The quantitative estimate of drug-likeness (QED) is 0.444. The summed E-state index contributed by atoms with van der Waals surface area (Å²) in [4.78, 5) is 10.0. The Morgan fingerprint density at radius 2 is 1.84 bits per heavy atom. The third-order valence-corrected chi connectivity index (χ3v) is 4.44. The standard InChI is InChI=1S/C12H18N2O4S/c1-2-8-19(17,18)9-7-13-10-11-3-5-12(6-4-11)14(15)16/h3-6,13H,2,7-10H2,1H3. The van der Waals surface area contributed by atoms with Gasteiger partial charge in [-0.2, -0.15) is 0 Å². The first kappa shape index (κ1) is 15.6. The summed E-state index contributed by atoms with van der Waals surface area (Å²) < 4.78 is 22.9. The fraction of sp³-hybridized carbons (Fsp3) is 0.500.